The van der Waals surface area contributed by atoms with Gasteiger partial charge in [0.25, 0.3) is 11.8 Å². The molecule has 3 N–H and O–H groups in total. The number of nitrogens with two attached hydrogens (primary N) is 1. The molecule has 2 amide bonds. The van der Waals surface area contributed by atoms with E-state index in [0.717, 1.165) is 0 Å². The number of amides is 2. The number of anilines is 2. The van der Waals surface area contributed by atoms with Crippen LogP contribution in [0.25, 0.3) is 10.9 Å². The first-order chi connectivity index (χ1) is 19.6. The van der Waals surface area contributed by atoms with Crippen LogP contribution in [0.3, 0.4) is 0 Å². The number of benzene rings is 3. The molecule has 0 atom stereocenters. The van der Waals surface area contributed by atoms with Gasteiger partial charge in [0.05, 0.1) is 33.7 Å². The van der Waals surface area contributed by atoms with Gasteiger partial charge in [-0.25, -0.2) is 8.42 Å². The van der Waals surface area contributed by atoms with E-state index in [0.29, 0.717) is 46.7 Å². The maximum atomic E-state index is 13.9. The van der Waals surface area contributed by atoms with E-state index in [1.165, 1.54) is 43.6 Å². The van der Waals surface area contributed by atoms with Gasteiger partial charge >= 0.3 is 0 Å². The molecule has 0 aliphatic carbocycles. The van der Waals surface area contributed by atoms with Gasteiger partial charge in [0.15, 0.2) is 0 Å². The lowest BCUT2D eigenvalue weighted by molar-refractivity contribution is -0.120. The van der Waals surface area contributed by atoms with Crippen molar-refractivity contribution in [2.24, 2.45) is 5.73 Å². The monoisotopic (exact) mass is 572 g/mol. The number of nitrogens with zero attached hydrogens (tertiary/aromatic N) is 2. The Labute approximate surface area is 237 Å². The second-order valence-corrected chi connectivity index (χ2v) is 11.7. The highest BCUT2D eigenvalue weighted by Gasteiger charge is 2.26. The van der Waals surface area contributed by atoms with Gasteiger partial charge in [-0.3, -0.25) is 19.4 Å². The number of methoxy groups -OCH3 is 1. The number of piperidine rings is 1. The fourth-order valence-corrected chi connectivity index (χ4v) is 6.26. The van der Waals surface area contributed by atoms with Crippen LogP contribution >= 0.6 is 0 Å². The molecule has 210 valence electrons. The normalized spacial score (nSPS) is 13.7. The zero-order valence-corrected chi connectivity index (χ0v) is 23.3. The number of Topliss-reactive ketones (excluding diaryl/α,β-unsaturated/α-hetero) is 1. The minimum absolute atomic E-state index is 0.0345. The molecule has 1 aliphatic heterocycles. The van der Waals surface area contributed by atoms with E-state index in [1.807, 2.05) is 0 Å². The Balaban J connectivity index is 1.59. The first kappa shape index (κ1) is 27.8. The third-order valence-corrected chi connectivity index (χ3v) is 8.78. The van der Waals surface area contributed by atoms with Crippen LogP contribution in [0.5, 0.6) is 5.75 Å². The summed E-state index contributed by atoms with van der Waals surface area (Å²) in [5.74, 6) is -0.379. The highest BCUT2D eigenvalue weighted by atomic mass is 32.2. The summed E-state index contributed by atoms with van der Waals surface area (Å²) in [5.41, 5.74) is 7.92. The predicted molar refractivity (Wildman–Crippen MR) is 153 cm³/mol. The molecule has 0 spiro atoms. The summed E-state index contributed by atoms with van der Waals surface area (Å²) in [6.07, 6.45) is 1.93. The van der Waals surface area contributed by atoms with E-state index >= 15 is 0 Å². The van der Waals surface area contributed by atoms with Crippen LogP contribution in [0.15, 0.2) is 76.7 Å². The Hall–Kier alpha value is -4.77. The van der Waals surface area contributed by atoms with E-state index in [9.17, 15) is 22.8 Å². The number of fused-ring (bicyclic) bond motifs is 1. The number of aryl methyl sites for hydroxylation is 1. The third kappa shape index (κ3) is 5.48. The number of ketones is 1. The van der Waals surface area contributed by atoms with Gasteiger partial charge in [0.2, 0.25) is 9.84 Å². The molecule has 0 unspecified atom stereocenters. The fourth-order valence-electron chi connectivity index (χ4n) is 4.84. The van der Waals surface area contributed by atoms with Crippen LogP contribution in [0.4, 0.5) is 11.4 Å². The van der Waals surface area contributed by atoms with Crippen molar-refractivity contribution < 1.29 is 27.5 Å². The molecule has 1 saturated heterocycles. The number of carbonyl (C=O) groups is 3. The average molecular weight is 573 g/mol. The standard InChI is InChI=1S/C30H28N4O6S/c1-18-13-24(41(38,39)23-8-3-5-19(14-23)30(37)34-11-9-21(35)10-12-34)16-25-27(18)32-17-26(29(31)36)28(25)33-20-6-4-7-22(15-20)40-2/h3-8,13-17H,9-12H2,1-2H3,(H2,31,36)(H,32,33). The molecule has 11 heteroatoms. The van der Waals surface area contributed by atoms with Gasteiger partial charge in [0.1, 0.15) is 11.5 Å². The predicted octanol–water partition coefficient (Wildman–Crippen LogP) is 4.03. The van der Waals surface area contributed by atoms with Gasteiger partial charge in [-0.05, 0) is 55.0 Å². The smallest absolute Gasteiger partial charge is 0.253 e. The summed E-state index contributed by atoms with van der Waals surface area (Å²) in [7, 11) is -2.56. The van der Waals surface area contributed by atoms with Crippen LogP contribution < -0.4 is 15.8 Å². The second kappa shape index (κ2) is 11.0. The van der Waals surface area contributed by atoms with E-state index in [2.05, 4.69) is 10.3 Å². The van der Waals surface area contributed by atoms with Gasteiger partial charge in [-0.1, -0.05) is 12.1 Å². The summed E-state index contributed by atoms with van der Waals surface area (Å²) in [4.78, 5) is 42.9. The van der Waals surface area contributed by atoms with Crippen molar-refractivity contribution in [2.75, 3.05) is 25.5 Å². The highest BCUT2D eigenvalue weighted by Crippen LogP contribution is 2.35. The van der Waals surface area contributed by atoms with Crippen molar-refractivity contribution in [3.8, 4) is 5.75 Å². The number of likely N-dealkylation sites (tertiary alicyclic amines) is 1. The molecule has 4 aromatic rings. The number of rotatable bonds is 7. The molecule has 10 nitrogen and oxygen atoms in total. The zero-order chi connectivity index (χ0) is 29.3. The van der Waals surface area contributed by atoms with Gasteiger partial charge in [-0.2, -0.15) is 0 Å². The lowest BCUT2D eigenvalue weighted by atomic mass is 10.1. The maximum absolute atomic E-state index is 13.9. The van der Waals surface area contributed by atoms with E-state index < -0.39 is 15.7 Å². The highest BCUT2D eigenvalue weighted by molar-refractivity contribution is 7.91. The average Bonchev–Trinajstić information content (AvgIpc) is 2.97. The lowest BCUT2D eigenvalue weighted by Crippen LogP contribution is -2.38. The van der Waals surface area contributed by atoms with Crippen molar-refractivity contribution in [3.05, 3.63) is 83.6 Å². The number of hydrogen-bond acceptors (Lipinski definition) is 8. The molecular formula is C30H28N4O6S. The summed E-state index contributed by atoms with van der Waals surface area (Å²) in [5, 5.41) is 3.57. The molecule has 1 fully saturated rings. The Bertz CT molecular complexity index is 1810. The number of pyridine rings is 1. The molecule has 0 bridgehead atoms. The number of hydrogen-bond donors (Lipinski definition) is 2. The first-order valence-corrected chi connectivity index (χ1v) is 14.4. The molecule has 5 rings (SSSR count). The quantitative estimate of drug-likeness (QED) is 0.337. The first-order valence-electron chi connectivity index (χ1n) is 12.9. The summed E-state index contributed by atoms with van der Waals surface area (Å²) >= 11 is 0. The topological polar surface area (TPSA) is 149 Å². The van der Waals surface area contributed by atoms with Crippen LogP contribution in [-0.2, 0) is 14.6 Å². The number of nitrogens with one attached hydrogen (secondary N) is 1. The molecular weight excluding hydrogens is 544 g/mol. The van der Waals surface area contributed by atoms with E-state index in [4.69, 9.17) is 10.5 Å². The lowest BCUT2D eigenvalue weighted by Gasteiger charge is -2.26. The summed E-state index contributed by atoms with van der Waals surface area (Å²) < 4.78 is 33.0. The Kier molecular flexibility index (Phi) is 7.46. The van der Waals surface area contributed by atoms with Crippen molar-refractivity contribution in [3.63, 3.8) is 0 Å². The number of sulfone groups is 1. The van der Waals surface area contributed by atoms with E-state index in [-0.39, 0.29) is 45.4 Å². The largest absolute Gasteiger partial charge is 0.497 e. The van der Waals surface area contributed by atoms with E-state index in [1.54, 1.807) is 42.2 Å². The molecule has 3 aromatic carbocycles. The molecule has 1 aromatic heterocycles. The third-order valence-electron chi connectivity index (χ3n) is 7.05. The van der Waals surface area contributed by atoms with Gasteiger partial charge in [0, 0.05) is 54.8 Å². The van der Waals surface area contributed by atoms with Crippen molar-refractivity contribution in [1.29, 1.82) is 0 Å². The maximum Gasteiger partial charge on any atom is 0.253 e. The number of aromatic nitrogens is 1. The Morgan fingerprint density at radius 1 is 1.00 bits per heavy atom. The molecule has 0 saturated carbocycles. The Morgan fingerprint density at radius 3 is 2.44 bits per heavy atom. The molecule has 0 radical (unpaired) electrons. The number of primary amides is 1. The molecule has 41 heavy (non-hydrogen) atoms. The van der Waals surface area contributed by atoms with Crippen LogP contribution in [0.1, 0.15) is 39.1 Å². The molecule has 2 heterocycles. The molecule has 1 aliphatic rings. The zero-order valence-electron chi connectivity index (χ0n) is 22.5. The number of ether oxygens (including phenoxy) is 1. The van der Waals surface area contributed by atoms with Gasteiger partial charge < -0.3 is 20.7 Å². The SMILES string of the molecule is COc1cccc(Nc2c(C(N)=O)cnc3c(C)cc(S(=O)(=O)c4cccc(C(=O)N5CCC(=O)CC5)c4)cc23)c1. The number of carbonyl (C=O) groups excluding carboxylic acids is 3. The van der Waals surface area contributed by atoms with Crippen LogP contribution in [-0.4, -0.2) is 56.1 Å². The minimum atomic E-state index is -4.10. The van der Waals surface area contributed by atoms with Gasteiger partial charge in [-0.15, -0.1) is 0 Å². The summed E-state index contributed by atoms with van der Waals surface area (Å²) in [6, 6.07) is 15.8. The van der Waals surface area contributed by atoms with Crippen molar-refractivity contribution in [1.82, 2.24) is 9.88 Å². The van der Waals surface area contributed by atoms with Crippen LogP contribution in [0, 0.1) is 6.92 Å². The van der Waals surface area contributed by atoms with Crippen molar-refractivity contribution in [2.45, 2.75) is 29.6 Å². The minimum Gasteiger partial charge on any atom is -0.497 e. The van der Waals surface area contributed by atoms with Crippen molar-refractivity contribution >= 4 is 49.7 Å². The Morgan fingerprint density at radius 2 is 1.73 bits per heavy atom. The second-order valence-electron chi connectivity index (χ2n) is 9.77. The fraction of sp³-hybridized carbons (Fsp3) is 0.200. The summed E-state index contributed by atoms with van der Waals surface area (Å²) in [6.45, 7) is 2.33. The van der Waals surface area contributed by atoms with Crippen LogP contribution in [0.2, 0.25) is 0 Å².